The highest BCUT2D eigenvalue weighted by molar-refractivity contribution is 5.94. The Bertz CT molecular complexity index is 1500. The van der Waals surface area contributed by atoms with E-state index < -0.39 is 102 Å². The minimum atomic E-state index is -2.40. The summed E-state index contributed by atoms with van der Waals surface area (Å²) < 4.78 is 24.0. The molecule has 250 valence electrons. The van der Waals surface area contributed by atoms with Crippen LogP contribution >= 0.6 is 0 Å². The topological polar surface area (TPSA) is 212 Å². The van der Waals surface area contributed by atoms with E-state index in [1.165, 1.54) is 13.0 Å². The molecule has 0 aromatic heterocycles. The van der Waals surface area contributed by atoms with Gasteiger partial charge in [0.2, 0.25) is 0 Å². The number of benzene rings is 1. The summed E-state index contributed by atoms with van der Waals surface area (Å²) in [5.74, 6) is -4.37. The minimum absolute atomic E-state index is 0.0764. The Hall–Kier alpha value is -4.24. The Morgan fingerprint density at radius 2 is 1.52 bits per heavy atom. The first kappa shape index (κ1) is 34.6. The van der Waals surface area contributed by atoms with Crippen LogP contribution in [0.2, 0.25) is 0 Å². The summed E-state index contributed by atoms with van der Waals surface area (Å²) in [4.78, 5) is 74.4. The quantitative estimate of drug-likeness (QED) is 0.147. The van der Waals surface area contributed by atoms with Crippen LogP contribution < -0.4 is 0 Å². The molecule has 1 aliphatic heterocycles. The number of aliphatic hydroxyl groups is 1. The van der Waals surface area contributed by atoms with Crippen LogP contribution in [0.4, 0.5) is 11.4 Å². The number of nitro groups is 2. The van der Waals surface area contributed by atoms with Crippen LogP contribution in [0.25, 0.3) is 0 Å². The van der Waals surface area contributed by atoms with Crippen molar-refractivity contribution in [2.24, 2.45) is 16.7 Å². The molecule has 3 fully saturated rings. The average Bonchev–Trinajstić information content (AvgIpc) is 3.23. The first-order valence-corrected chi connectivity index (χ1v) is 14.7. The van der Waals surface area contributed by atoms with Gasteiger partial charge >= 0.3 is 17.9 Å². The molecule has 0 bridgehead atoms. The lowest BCUT2D eigenvalue weighted by Crippen LogP contribution is -2.84. The molecule has 15 heteroatoms. The number of ketones is 1. The number of non-ortho nitro benzene ring substituents is 2. The van der Waals surface area contributed by atoms with Gasteiger partial charge in [-0.05, 0) is 32.1 Å². The third-order valence-corrected chi connectivity index (χ3v) is 9.99. The minimum Gasteiger partial charge on any atom is -0.458 e. The maximum Gasteiger partial charge on any atom is 0.338 e. The summed E-state index contributed by atoms with van der Waals surface area (Å²) >= 11 is 0. The van der Waals surface area contributed by atoms with Crippen molar-refractivity contribution in [1.29, 1.82) is 0 Å². The SMILES string of the molecule is C=C[C@@]1(C)CC(=O)[C@]2(O1)[C@@]1(C)[C@@H](OC(=O)c3cc([N+](=O)[O-])cc([N+](=O)[O-])c3)CCC(C)(C)[C@@H]1[C@H](OC(C)=O)[C@H](OC(C)=O)[C@@]2(C)O. The van der Waals surface area contributed by atoms with Gasteiger partial charge in [0.25, 0.3) is 11.4 Å². The number of ether oxygens (including phenoxy) is 4. The standard InChI is InChI=1S/C31H38N2O13/c1-9-28(6)15-21(36)31(46-28)29(7)22(45-26(37)18-12-19(32(39)40)14-20(13-18)33(41)42)10-11-27(4,5)24(29)23(43-16(2)34)25(30(31,8)38)44-17(3)35/h9,12-14,22-25,38H,1,10-11,15H2,2-8H3/t22-,23-,24-,25-,28-,29-,30+,31-/m0/s1. The third-order valence-electron chi connectivity index (χ3n) is 9.99. The van der Waals surface area contributed by atoms with Crippen molar-refractivity contribution in [2.75, 3.05) is 0 Å². The van der Waals surface area contributed by atoms with E-state index in [-0.39, 0.29) is 12.8 Å². The van der Waals surface area contributed by atoms with E-state index in [1.807, 2.05) is 13.8 Å². The van der Waals surface area contributed by atoms with Crippen molar-refractivity contribution in [2.45, 2.75) is 103 Å². The zero-order valence-corrected chi connectivity index (χ0v) is 26.7. The summed E-state index contributed by atoms with van der Waals surface area (Å²) in [5.41, 5.74) is -10.5. The predicted molar refractivity (Wildman–Crippen MR) is 157 cm³/mol. The van der Waals surface area contributed by atoms with E-state index in [1.54, 1.807) is 13.8 Å². The van der Waals surface area contributed by atoms with Gasteiger partial charge in [-0.2, -0.15) is 0 Å². The summed E-state index contributed by atoms with van der Waals surface area (Å²) in [6, 6.07) is 2.36. The zero-order valence-electron chi connectivity index (χ0n) is 26.7. The number of nitro benzene ring substituents is 2. The highest BCUT2D eigenvalue weighted by Crippen LogP contribution is 2.69. The lowest BCUT2D eigenvalue weighted by molar-refractivity contribution is -0.394. The van der Waals surface area contributed by atoms with Crippen molar-refractivity contribution < 1.29 is 53.1 Å². The molecule has 1 aromatic rings. The lowest BCUT2D eigenvalue weighted by Gasteiger charge is -2.69. The number of Topliss-reactive ketones (excluding diaryl/α,β-unsaturated/α-hetero) is 1. The van der Waals surface area contributed by atoms with Crippen LogP contribution in [0.3, 0.4) is 0 Å². The summed E-state index contributed by atoms with van der Waals surface area (Å²) in [6.45, 7) is 14.1. The molecule has 1 aromatic carbocycles. The molecule has 2 aliphatic carbocycles. The van der Waals surface area contributed by atoms with Crippen molar-refractivity contribution in [3.8, 4) is 0 Å². The molecule has 0 unspecified atom stereocenters. The second kappa shape index (κ2) is 11.2. The van der Waals surface area contributed by atoms with E-state index in [9.17, 15) is 44.5 Å². The smallest absolute Gasteiger partial charge is 0.338 e. The van der Waals surface area contributed by atoms with Crippen LogP contribution in [0, 0.1) is 37.0 Å². The fourth-order valence-corrected chi connectivity index (χ4v) is 8.22. The molecule has 4 rings (SSSR count). The summed E-state index contributed by atoms with van der Waals surface area (Å²) in [5, 5.41) is 35.5. The van der Waals surface area contributed by atoms with Crippen molar-refractivity contribution in [3.63, 3.8) is 0 Å². The number of esters is 3. The Labute approximate surface area is 264 Å². The molecule has 46 heavy (non-hydrogen) atoms. The third kappa shape index (κ3) is 5.14. The highest BCUT2D eigenvalue weighted by atomic mass is 16.6. The molecular formula is C31H38N2O13. The molecule has 3 aliphatic rings. The summed E-state index contributed by atoms with van der Waals surface area (Å²) in [6.07, 6.45) is -2.77. The van der Waals surface area contributed by atoms with E-state index in [0.717, 1.165) is 26.0 Å². The van der Waals surface area contributed by atoms with Crippen LogP contribution in [-0.4, -0.2) is 73.8 Å². The molecule has 0 amide bonds. The molecular weight excluding hydrogens is 608 g/mol. The molecule has 1 saturated heterocycles. The monoisotopic (exact) mass is 646 g/mol. The maximum absolute atomic E-state index is 14.4. The first-order valence-electron chi connectivity index (χ1n) is 14.7. The highest BCUT2D eigenvalue weighted by Gasteiger charge is 2.83. The van der Waals surface area contributed by atoms with Gasteiger partial charge in [-0.3, -0.25) is 34.6 Å². The second-order valence-electron chi connectivity index (χ2n) is 13.6. The molecule has 0 radical (unpaired) electrons. The molecule has 15 nitrogen and oxygen atoms in total. The van der Waals surface area contributed by atoms with Gasteiger partial charge in [0.05, 0.1) is 32.5 Å². The molecule has 1 spiro atoms. The van der Waals surface area contributed by atoms with E-state index >= 15 is 0 Å². The normalized spacial score (nSPS) is 36.3. The van der Waals surface area contributed by atoms with Gasteiger partial charge in [-0.1, -0.05) is 26.8 Å². The Morgan fingerprint density at radius 3 is 1.98 bits per heavy atom. The predicted octanol–water partition coefficient (Wildman–Crippen LogP) is 3.77. The largest absolute Gasteiger partial charge is 0.458 e. The van der Waals surface area contributed by atoms with E-state index in [0.29, 0.717) is 12.5 Å². The molecule has 1 heterocycles. The number of carbonyl (C=O) groups excluding carboxylic acids is 4. The Morgan fingerprint density at radius 1 is 0.978 bits per heavy atom. The van der Waals surface area contributed by atoms with Crippen LogP contribution in [0.15, 0.2) is 30.9 Å². The molecule has 1 N–H and O–H groups in total. The van der Waals surface area contributed by atoms with Gasteiger partial charge in [-0.25, -0.2) is 4.79 Å². The van der Waals surface area contributed by atoms with Gasteiger partial charge in [-0.15, -0.1) is 6.58 Å². The van der Waals surface area contributed by atoms with Gasteiger partial charge < -0.3 is 24.1 Å². The number of nitrogens with zero attached hydrogens (tertiary/aromatic N) is 2. The van der Waals surface area contributed by atoms with E-state index in [2.05, 4.69) is 6.58 Å². The summed E-state index contributed by atoms with van der Waals surface area (Å²) in [7, 11) is 0. The Balaban J connectivity index is 2.00. The molecule has 2 saturated carbocycles. The van der Waals surface area contributed by atoms with Gasteiger partial charge in [0, 0.05) is 38.3 Å². The number of rotatable bonds is 7. The maximum atomic E-state index is 14.4. The van der Waals surface area contributed by atoms with Crippen LogP contribution in [0.5, 0.6) is 0 Å². The number of carbonyl (C=O) groups is 4. The number of hydrogen-bond donors (Lipinski definition) is 1. The van der Waals surface area contributed by atoms with Gasteiger partial charge in [0.1, 0.15) is 17.8 Å². The van der Waals surface area contributed by atoms with Gasteiger partial charge in [0.15, 0.2) is 17.5 Å². The number of hydrogen-bond acceptors (Lipinski definition) is 13. The van der Waals surface area contributed by atoms with Crippen molar-refractivity contribution in [1.82, 2.24) is 0 Å². The van der Waals surface area contributed by atoms with Crippen LogP contribution in [0.1, 0.15) is 78.1 Å². The second-order valence-corrected chi connectivity index (χ2v) is 13.6. The number of fused-ring (bicyclic) bond motifs is 2. The van der Waals surface area contributed by atoms with Crippen molar-refractivity contribution >= 4 is 35.1 Å². The van der Waals surface area contributed by atoms with E-state index in [4.69, 9.17) is 18.9 Å². The fraction of sp³-hybridized carbons (Fsp3) is 0.613. The fourth-order valence-electron chi connectivity index (χ4n) is 8.22. The van der Waals surface area contributed by atoms with Crippen molar-refractivity contribution in [3.05, 3.63) is 56.6 Å². The zero-order chi connectivity index (χ0) is 34.8. The molecule has 8 atom stereocenters. The van der Waals surface area contributed by atoms with Crippen LogP contribution in [-0.2, 0) is 33.3 Å². The first-order chi connectivity index (χ1) is 21.1. The Kier molecular flexibility index (Phi) is 8.45. The average molecular weight is 647 g/mol. The lowest BCUT2D eigenvalue weighted by atomic mass is 9.40.